The van der Waals surface area contributed by atoms with Crippen LogP contribution in [0.25, 0.3) is 0 Å². The number of amides is 1. The van der Waals surface area contributed by atoms with Crippen molar-refractivity contribution in [3.05, 3.63) is 46.0 Å². The third-order valence-corrected chi connectivity index (χ3v) is 2.95. The van der Waals surface area contributed by atoms with Crippen molar-refractivity contribution in [3.8, 4) is 0 Å². The summed E-state index contributed by atoms with van der Waals surface area (Å²) in [6.45, 7) is 2.87. The fourth-order valence-corrected chi connectivity index (χ4v) is 1.84. The molecule has 1 heterocycles. The second-order valence-electron chi connectivity index (χ2n) is 4.24. The molecule has 0 radical (unpaired) electrons. The summed E-state index contributed by atoms with van der Waals surface area (Å²) in [6, 6.07) is 3.92. The first-order valence-corrected chi connectivity index (χ1v) is 6.21. The molecule has 2 aromatic rings. The van der Waals surface area contributed by atoms with Gasteiger partial charge in [-0.05, 0) is 19.1 Å². The number of aryl methyl sites for hydroxylation is 1. The van der Waals surface area contributed by atoms with E-state index in [1.807, 2.05) is 6.92 Å². The molecule has 110 valence electrons. The fourth-order valence-electron chi connectivity index (χ4n) is 1.84. The second kappa shape index (κ2) is 5.99. The summed E-state index contributed by atoms with van der Waals surface area (Å²) < 4.78 is 1.80. The average Bonchev–Trinajstić information content (AvgIpc) is 2.91. The van der Waals surface area contributed by atoms with Gasteiger partial charge >= 0.3 is 0 Å². The molecule has 1 aromatic carbocycles. The molecule has 0 spiro atoms. The summed E-state index contributed by atoms with van der Waals surface area (Å²) in [4.78, 5) is 21.6. The Kier molecular flexibility index (Phi) is 4.12. The smallest absolute Gasteiger partial charge is 0.292 e. The van der Waals surface area contributed by atoms with Gasteiger partial charge in [0.2, 0.25) is 5.91 Å². The van der Waals surface area contributed by atoms with E-state index in [1.54, 1.807) is 10.9 Å². The highest BCUT2D eigenvalue weighted by atomic mass is 16.6. The van der Waals surface area contributed by atoms with Gasteiger partial charge in [0.25, 0.3) is 5.69 Å². The van der Waals surface area contributed by atoms with E-state index in [4.69, 9.17) is 5.73 Å². The van der Waals surface area contributed by atoms with Gasteiger partial charge in [0.1, 0.15) is 12.0 Å². The average molecular weight is 290 g/mol. The number of benzene rings is 1. The lowest BCUT2D eigenvalue weighted by Gasteiger charge is -2.08. The number of nitro benzene ring substituents is 1. The third kappa shape index (κ3) is 3.14. The summed E-state index contributed by atoms with van der Waals surface area (Å²) in [6.07, 6.45) is 1.57. The molecule has 0 fully saturated rings. The summed E-state index contributed by atoms with van der Waals surface area (Å²) >= 11 is 0. The van der Waals surface area contributed by atoms with Crippen molar-refractivity contribution in [1.29, 1.82) is 0 Å². The van der Waals surface area contributed by atoms with E-state index >= 15 is 0 Å². The predicted octanol–water partition coefficient (Wildman–Crippen LogP) is 0.917. The number of rotatable bonds is 6. The number of primary amides is 1. The van der Waals surface area contributed by atoms with Crippen molar-refractivity contribution in [2.45, 2.75) is 20.0 Å². The summed E-state index contributed by atoms with van der Waals surface area (Å²) in [7, 11) is 0. The molecule has 1 aromatic heterocycles. The van der Waals surface area contributed by atoms with E-state index in [-0.39, 0.29) is 23.5 Å². The van der Waals surface area contributed by atoms with E-state index < -0.39 is 10.8 Å². The standard InChI is InChI=1S/C12H14N6O3/c1-2-17-7-15-16-11(17)6-14-9-5-8(12(13)19)3-4-10(9)18(20)21/h3-5,7,14H,2,6H2,1H3,(H2,13,19). The van der Waals surface area contributed by atoms with Crippen LogP contribution in [0.4, 0.5) is 11.4 Å². The van der Waals surface area contributed by atoms with E-state index in [1.165, 1.54) is 18.2 Å². The first kappa shape index (κ1) is 14.4. The molecule has 0 aliphatic rings. The molecule has 0 saturated heterocycles. The van der Waals surface area contributed by atoms with Gasteiger partial charge in [-0.25, -0.2) is 0 Å². The first-order valence-electron chi connectivity index (χ1n) is 6.21. The van der Waals surface area contributed by atoms with Crippen molar-refractivity contribution in [2.24, 2.45) is 5.73 Å². The normalized spacial score (nSPS) is 10.3. The van der Waals surface area contributed by atoms with Crippen molar-refractivity contribution < 1.29 is 9.72 Å². The number of nitro groups is 1. The molecule has 2 rings (SSSR count). The van der Waals surface area contributed by atoms with Crippen LogP contribution in [-0.2, 0) is 13.1 Å². The Morgan fingerprint density at radius 1 is 1.52 bits per heavy atom. The number of nitrogens with one attached hydrogen (secondary N) is 1. The van der Waals surface area contributed by atoms with Crippen molar-refractivity contribution in [2.75, 3.05) is 5.32 Å². The molecule has 21 heavy (non-hydrogen) atoms. The Labute approximate surface area is 119 Å². The molecular formula is C12H14N6O3. The maximum Gasteiger partial charge on any atom is 0.292 e. The highest BCUT2D eigenvalue weighted by Gasteiger charge is 2.16. The minimum atomic E-state index is -0.648. The van der Waals surface area contributed by atoms with Crippen LogP contribution in [0.1, 0.15) is 23.1 Å². The van der Waals surface area contributed by atoms with Gasteiger partial charge in [-0.15, -0.1) is 10.2 Å². The van der Waals surface area contributed by atoms with Gasteiger partial charge in [-0.1, -0.05) is 0 Å². The van der Waals surface area contributed by atoms with E-state index in [0.717, 1.165) is 0 Å². The summed E-state index contributed by atoms with van der Waals surface area (Å²) in [5, 5.41) is 21.6. The van der Waals surface area contributed by atoms with E-state index in [0.29, 0.717) is 12.4 Å². The summed E-state index contributed by atoms with van der Waals surface area (Å²) in [5.74, 6) is -0.0130. The minimum absolute atomic E-state index is 0.137. The largest absolute Gasteiger partial charge is 0.372 e. The zero-order valence-corrected chi connectivity index (χ0v) is 11.3. The maximum atomic E-state index is 11.2. The molecule has 9 nitrogen and oxygen atoms in total. The van der Waals surface area contributed by atoms with Gasteiger partial charge in [0.15, 0.2) is 5.82 Å². The topological polar surface area (TPSA) is 129 Å². The van der Waals surface area contributed by atoms with E-state index in [9.17, 15) is 14.9 Å². The lowest BCUT2D eigenvalue weighted by atomic mass is 10.1. The number of hydrogen-bond donors (Lipinski definition) is 2. The fraction of sp³-hybridized carbons (Fsp3) is 0.250. The van der Waals surface area contributed by atoms with Gasteiger partial charge in [0, 0.05) is 18.2 Å². The maximum absolute atomic E-state index is 11.2. The Bertz CT molecular complexity index is 681. The predicted molar refractivity (Wildman–Crippen MR) is 74.6 cm³/mol. The highest BCUT2D eigenvalue weighted by molar-refractivity contribution is 5.94. The van der Waals surface area contributed by atoms with Gasteiger partial charge in [0.05, 0.1) is 11.5 Å². The highest BCUT2D eigenvalue weighted by Crippen LogP contribution is 2.25. The molecular weight excluding hydrogens is 276 g/mol. The number of carbonyl (C=O) groups excluding carboxylic acids is 1. The number of nitrogens with two attached hydrogens (primary N) is 1. The van der Waals surface area contributed by atoms with Crippen molar-refractivity contribution >= 4 is 17.3 Å². The van der Waals surface area contributed by atoms with Crippen molar-refractivity contribution in [1.82, 2.24) is 14.8 Å². The zero-order valence-electron chi connectivity index (χ0n) is 11.3. The SMILES string of the molecule is CCn1cnnc1CNc1cc(C(N)=O)ccc1[N+](=O)[O-]. The van der Waals surface area contributed by atoms with Crippen LogP contribution in [0.2, 0.25) is 0 Å². The Morgan fingerprint density at radius 2 is 2.29 bits per heavy atom. The molecule has 0 aliphatic heterocycles. The van der Waals surface area contributed by atoms with Crippen molar-refractivity contribution in [3.63, 3.8) is 0 Å². The van der Waals surface area contributed by atoms with Crippen LogP contribution in [0.3, 0.4) is 0 Å². The number of aromatic nitrogens is 3. The van der Waals surface area contributed by atoms with Crippen LogP contribution >= 0.6 is 0 Å². The van der Waals surface area contributed by atoms with Crippen LogP contribution < -0.4 is 11.1 Å². The van der Waals surface area contributed by atoms with Crippen LogP contribution in [-0.4, -0.2) is 25.6 Å². The molecule has 0 atom stereocenters. The molecule has 0 unspecified atom stereocenters. The number of anilines is 1. The first-order chi connectivity index (χ1) is 10.0. The minimum Gasteiger partial charge on any atom is -0.372 e. The number of hydrogen-bond acceptors (Lipinski definition) is 6. The lowest BCUT2D eigenvalue weighted by molar-refractivity contribution is -0.384. The zero-order chi connectivity index (χ0) is 15.4. The Balaban J connectivity index is 2.27. The Hall–Kier alpha value is -2.97. The van der Waals surface area contributed by atoms with Gasteiger partial charge < -0.3 is 15.6 Å². The van der Waals surface area contributed by atoms with Crippen LogP contribution in [0.5, 0.6) is 0 Å². The molecule has 9 heteroatoms. The van der Waals surface area contributed by atoms with Gasteiger partial charge in [-0.2, -0.15) is 0 Å². The number of nitrogens with zero attached hydrogens (tertiary/aromatic N) is 4. The van der Waals surface area contributed by atoms with Gasteiger partial charge in [-0.3, -0.25) is 14.9 Å². The number of carbonyl (C=O) groups is 1. The second-order valence-corrected chi connectivity index (χ2v) is 4.24. The van der Waals surface area contributed by atoms with Crippen LogP contribution in [0.15, 0.2) is 24.5 Å². The summed E-state index contributed by atoms with van der Waals surface area (Å²) in [5.41, 5.74) is 5.45. The molecule has 0 bridgehead atoms. The molecule has 1 amide bonds. The molecule has 3 N–H and O–H groups in total. The molecule has 0 saturated carbocycles. The Morgan fingerprint density at radius 3 is 2.90 bits per heavy atom. The molecule has 0 aliphatic carbocycles. The monoisotopic (exact) mass is 290 g/mol. The van der Waals surface area contributed by atoms with E-state index in [2.05, 4.69) is 15.5 Å². The quantitative estimate of drug-likeness (QED) is 0.601. The van der Waals surface area contributed by atoms with Crippen LogP contribution in [0, 0.1) is 10.1 Å². The lowest BCUT2D eigenvalue weighted by Crippen LogP contribution is -2.13. The third-order valence-electron chi connectivity index (χ3n) is 2.95.